The predicted molar refractivity (Wildman–Crippen MR) is 79.3 cm³/mol. The van der Waals surface area contributed by atoms with Gasteiger partial charge in [0, 0.05) is 35.1 Å². The van der Waals surface area contributed by atoms with E-state index < -0.39 is 0 Å². The molecule has 1 atom stereocenters. The maximum atomic E-state index is 12.6. The molecule has 2 fully saturated rings. The molecular formula is C15H19BrN2O. The molecule has 3 nitrogen and oxygen atoms in total. The summed E-state index contributed by atoms with van der Waals surface area (Å²) in [6.45, 7) is 5.96. The van der Waals surface area contributed by atoms with Gasteiger partial charge in [0.15, 0.2) is 0 Å². The van der Waals surface area contributed by atoms with Gasteiger partial charge in [-0.05, 0) is 44.0 Å². The van der Waals surface area contributed by atoms with Gasteiger partial charge < -0.3 is 10.2 Å². The van der Waals surface area contributed by atoms with Crippen LogP contribution in [0.15, 0.2) is 22.7 Å². The number of carbonyl (C=O) groups excluding carboxylic acids is 1. The Balaban J connectivity index is 1.79. The lowest BCUT2D eigenvalue weighted by molar-refractivity contribution is 0.0775. The number of nitrogens with zero attached hydrogens (tertiary/aromatic N) is 1. The number of hydrogen-bond acceptors (Lipinski definition) is 2. The molecule has 0 radical (unpaired) electrons. The molecule has 1 aromatic carbocycles. The Morgan fingerprint density at radius 3 is 3.00 bits per heavy atom. The van der Waals surface area contributed by atoms with Crippen LogP contribution in [0.4, 0.5) is 0 Å². The summed E-state index contributed by atoms with van der Waals surface area (Å²) in [6.07, 6.45) is 2.34. The first kappa shape index (κ1) is 13.1. The summed E-state index contributed by atoms with van der Waals surface area (Å²) in [6, 6.07) is 5.92. The minimum atomic E-state index is 0.183. The quantitative estimate of drug-likeness (QED) is 0.862. The molecule has 1 N–H and O–H groups in total. The van der Waals surface area contributed by atoms with Crippen LogP contribution in [0, 0.1) is 12.3 Å². The number of rotatable bonds is 1. The van der Waals surface area contributed by atoms with Gasteiger partial charge in [-0.1, -0.05) is 22.0 Å². The zero-order valence-corrected chi connectivity index (χ0v) is 12.8. The van der Waals surface area contributed by atoms with Gasteiger partial charge in [0.25, 0.3) is 5.91 Å². The summed E-state index contributed by atoms with van der Waals surface area (Å²) in [5, 5.41) is 3.43. The minimum Gasteiger partial charge on any atom is -0.338 e. The van der Waals surface area contributed by atoms with E-state index in [2.05, 4.69) is 21.2 Å². The molecule has 2 saturated heterocycles. The summed E-state index contributed by atoms with van der Waals surface area (Å²) in [5.74, 6) is 0.183. The summed E-state index contributed by atoms with van der Waals surface area (Å²) in [7, 11) is 0. The maximum absolute atomic E-state index is 12.6. The van der Waals surface area contributed by atoms with Gasteiger partial charge in [-0.2, -0.15) is 0 Å². The Kier molecular flexibility index (Phi) is 3.39. The third-order valence-corrected chi connectivity index (χ3v) is 4.98. The topological polar surface area (TPSA) is 32.3 Å². The number of nitrogens with one attached hydrogen (secondary N) is 1. The highest BCUT2D eigenvalue weighted by atomic mass is 79.9. The lowest BCUT2D eigenvalue weighted by Crippen LogP contribution is -2.33. The largest absolute Gasteiger partial charge is 0.338 e. The molecule has 0 aliphatic carbocycles. The van der Waals surface area contributed by atoms with Crippen molar-refractivity contribution in [1.29, 1.82) is 0 Å². The third kappa shape index (κ3) is 2.43. The number of hydrogen-bond donors (Lipinski definition) is 1. The Bertz CT molecular complexity index is 509. The molecule has 3 rings (SSSR count). The zero-order valence-electron chi connectivity index (χ0n) is 11.2. The second-order valence-corrected chi connectivity index (χ2v) is 6.78. The van der Waals surface area contributed by atoms with Crippen LogP contribution in [0.1, 0.15) is 28.8 Å². The standard InChI is InChI=1S/C15H19BrN2O/c1-11-2-3-12(16)8-13(11)14(19)18-7-5-15(10-18)4-6-17-9-15/h2-3,8,17H,4-7,9-10H2,1H3. The van der Waals surface area contributed by atoms with Gasteiger partial charge in [-0.25, -0.2) is 0 Å². The van der Waals surface area contributed by atoms with Gasteiger partial charge >= 0.3 is 0 Å². The fourth-order valence-corrected chi connectivity index (χ4v) is 3.61. The molecule has 2 aliphatic rings. The van der Waals surface area contributed by atoms with Crippen molar-refractivity contribution in [3.63, 3.8) is 0 Å². The van der Waals surface area contributed by atoms with Crippen molar-refractivity contribution in [1.82, 2.24) is 10.2 Å². The van der Waals surface area contributed by atoms with Gasteiger partial charge in [0.2, 0.25) is 0 Å². The summed E-state index contributed by atoms with van der Waals surface area (Å²) in [5.41, 5.74) is 2.23. The molecule has 2 heterocycles. The Morgan fingerprint density at radius 2 is 2.26 bits per heavy atom. The number of likely N-dealkylation sites (tertiary alicyclic amines) is 1. The van der Waals surface area contributed by atoms with Crippen LogP contribution in [-0.4, -0.2) is 37.0 Å². The SMILES string of the molecule is Cc1ccc(Br)cc1C(=O)N1CCC2(CCNC2)C1. The van der Waals surface area contributed by atoms with E-state index in [0.717, 1.165) is 48.2 Å². The van der Waals surface area contributed by atoms with Crippen molar-refractivity contribution in [2.75, 3.05) is 26.2 Å². The summed E-state index contributed by atoms with van der Waals surface area (Å²) >= 11 is 3.45. The van der Waals surface area contributed by atoms with E-state index in [-0.39, 0.29) is 5.91 Å². The lowest BCUT2D eigenvalue weighted by Gasteiger charge is -2.23. The molecule has 0 aromatic heterocycles. The van der Waals surface area contributed by atoms with E-state index >= 15 is 0 Å². The Labute approximate surface area is 122 Å². The van der Waals surface area contributed by atoms with E-state index in [9.17, 15) is 4.79 Å². The first-order chi connectivity index (χ1) is 9.10. The zero-order chi connectivity index (χ0) is 13.5. The average Bonchev–Trinajstić information content (AvgIpc) is 3.03. The first-order valence-electron chi connectivity index (χ1n) is 6.86. The lowest BCUT2D eigenvalue weighted by atomic mass is 9.86. The van der Waals surface area contributed by atoms with Gasteiger partial charge in [0.05, 0.1) is 0 Å². The van der Waals surface area contributed by atoms with Gasteiger partial charge in [0.1, 0.15) is 0 Å². The van der Waals surface area contributed by atoms with E-state index in [4.69, 9.17) is 0 Å². The monoisotopic (exact) mass is 322 g/mol. The normalized spacial score (nSPS) is 26.3. The van der Waals surface area contributed by atoms with Crippen LogP contribution in [-0.2, 0) is 0 Å². The first-order valence-corrected chi connectivity index (χ1v) is 7.65. The highest BCUT2D eigenvalue weighted by molar-refractivity contribution is 9.10. The van der Waals surface area contributed by atoms with Crippen LogP contribution in [0.2, 0.25) is 0 Å². The molecular weight excluding hydrogens is 304 g/mol. The van der Waals surface area contributed by atoms with Gasteiger partial charge in [-0.15, -0.1) is 0 Å². The maximum Gasteiger partial charge on any atom is 0.254 e. The van der Waals surface area contributed by atoms with Crippen molar-refractivity contribution in [2.45, 2.75) is 19.8 Å². The van der Waals surface area contributed by atoms with E-state index in [1.807, 2.05) is 30.0 Å². The smallest absolute Gasteiger partial charge is 0.254 e. The number of halogens is 1. The van der Waals surface area contributed by atoms with Crippen LogP contribution >= 0.6 is 15.9 Å². The van der Waals surface area contributed by atoms with Crippen molar-refractivity contribution >= 4 is 21.8 Å². The summed E-state index contributed by atoms with van der Waals surface area (Å²) in [4.78, 5) is 14.7. The van der Waals surface area contributed by atoms with Crippen LogP contribution in [0.25, 0.3) is 0 Å². The molecule has 0 saturated carbocycles. The van der Waals surface area contributed by atoms with Crippen molar-refractivity contribution in [3.8, 4) is 0 Å². The van der Waals surface area contributed by atoms with Gasteiger partial charge in [-0.3, -0.25) is 4.79 Å². The number of aryl methyl sites for hydroxylation is 1. The molecule has 1 aromatic rings. The van der Waals surface area contributed by atoms with Crippen molar-refractivity contribution in [2.24, 2.45) is 5.41 Å². The second kappa shape index (κ2) is 4.91. The minimum absolute atomic E-state index is 0.183. The Hall–Kier alpha value is -0.870. The average molecular weight is 323 g/mol. The molecule has 19 heavy (non-hydrogen) atoms. The fraction of sp³-hybridized carbons (Fsp3) is 0.533. The summed E-state index contributed by atoms with van der Waals surface area (Å²) < 4.78 is 0.970. The van der Waals surface area contributed by atoms with E-state index in [0.29, 0.717) is 5.41 Å². The Morgan fingerprint density at radius 1 is 1.42 bits per heavy atom. The molecule has 1 spiro atoms. The van der Waals surface area contributed by atoms with Crippen molar-refractivity contribution < 1.29 is 4.79 Å². The molecule has 4 heteroatoms. The van der Waals surface area contributed by atoms with E-state index in [1.54, 1.807) is 0 Å². The highest BCUT2D eigenvalue weighted by Crippen LogP contribution is 2.36. The fourth-order valence-electron chi connectivity index (χ4n) is 3.25. The van der Waals surface area contributed by atoms with Crippen molar-refractivity contribution in [3.05, 3.63) is 33.8 Å². The molecule has 102 valence electrons. The predicted octanol–water partition coefficient (Wildman–Crippen LogP) is 2.58. The molecule has 1 amide bonds. The van der Waals surface area contributed by atoms with Crippen LogP contribution in [0.3, 0.4) is 0 Å². The highest BCUT2D eigenvalue weighted by Gasteiger charge is 2.42. The molecule has 1 unspecified atom stereocenters. The molecule has 0 bridgehead atoms. The van der Waals surface area contributed by atoms with Crippen LogP contribution in [0.5, 0.6) is 0 Å². The third-order valence-electron chi connectivity index (χ3n) is 4.49. The number of amides is 1. The number of benzene rings is 1. The van der Waals surface area contributed by atoms with E-state index in [1.165, 1.54) is 6.42 Å². The second-order valence-electron chi connectivity index (χ2n) is 5.86. The molecule has 2 aliphatic heterocycles. The van der Waals surface area contributed by atoms with Crippen LogP contribution < -0.4 is 5.32 Å². The number of carbonyl (C=O) groups is 1.